The molecule has 1 heterocycles. The first kappa shape index (κ1) is 16.8. The number of nitrogens with one attached hydrogen (secondary N) is 1. The van der Waals surface area contributed by atoms with E-state index in [0.29, 0.717) is 11.6 Å². The summed E-state index contributed by atoms with van der Waals surface area (Å²) in [5.74, 6) is -0.420. The van der Waals surface area contributed by atoms with Gasteiger partial charge in [0.05, 0.1) is 0 Å². The van der Waals surface area contributed by atoms with E-state index in [-0.39, 0.29) is 24.3 Å². The van der Waals surface area contributed by atoms with Crippen molar-refractivity contribution in [1.82, 2.24) is 15.1 Å². The van der Waals surface area contributed by atoms with Gasteiger partial charge < -0.3 is 10.2 Å². The van der Waals surface area contributed by atoms with Crippen molar-refractivity contribution in [2.24, 2.45) is 5.92 Å². The highest BCUT2D eigenvalue weighted by atomic mass is 35.5. The van der Waals surface area contributed by atoms with E-state index in [2.05, 4.69) is 5.32 Å². The summed E-state index contributed by atoms with van der Waals surface area (Å²) in [5, 5.41) is 3.34. The molecule has 0 bridgehead atoms. The Hall–Kier alpha value is -2.08. The Morgan fingerprint density at radius 3 is 2.75 bits per heavy atom. The molecule has 1 aromatic carbocycles. The second kappa shape index (κ2) is 6.09. The van der Waals surface area contributed by atoms with Crippen LogP contribution in [0.5, 0.6) is 0 Å². The van der Waals surface area contributed by atoms with Gasteiger partial charge in [-0.05, 0) is 43.4 Å². The Morgan fingerprint density at radius 1 is 1.42 bits per heavy atom. The number of halogens is 1. The van der Waals surface area contributed by atoms with Gasteiger partial charge in [-0.3, -0.25) is 14.5 Å². The molecule has 24 heavy (non-hydrogen) atoms. The summed E-state index contributed by atoms with van der Waals surface area (Å²) in [4.78, 5) is 39.5. The SMILES string of the molecule is CN(Cc1cccc(Cl)c1)C(=O)CN1C(=O)NC(C)(C2CC2)C1=O. The Labute approximate surface area is 145 Å². The van der Waals surface area contributed by atoms with E-state index in [4.69, 9.17) is 11.6 Å². The van der Waals surface area contributed by atoms with E-state index in [0.717, 1.165) is 23.3 Å². The van der Waals surface area contributed by atoms with E-state index >= 15 is 0 Å². The Balaban J connectivity index is 1.63. The van der Waals surface area contributed by atoms with Crippen LogP contribution in [0.2, 0.25) is 5.02 Å². The van der Waals surface area contributed by atoms with Gasteiger partial charge in [0.25, 0.3) is 5.91 Å². The van der Waals surface area contributed by atoms with Gasteiger partial charge in [-0.2, -0.15) is 0 Å². The maximum Gasteiger partial charge on any atom is 0.325 e. The molecule has 1 saturated carbocycles. The fraction of sp³-hybridized carbons (Fsp3) is 0.471. The number of likely N-dealkylation sites (N-methyl/N-ethyl adjacent to an activating group) is 1. The van der Waals surface area contributed by atoms with Gasteiger partial charge in [-0.1, -0.05) is 23.7 Å². The zero-order chi connectivity index (χ0) is 17.5. The monoisotopic (exact) mass is 349 g/mol. The second-order valence-electron chi connectivity index (χ2n) is 6.68. The highest BCUT2D eigenvalue weighted by Gasteiger charge is 2.56. The van der Waals surface area contributed by atoms with Crippen molar-refractivity contribution in [2.45, 2.75) is 31.8 Å². The highest BCUT2D eigenvalue weighted by molar-refractivity contribution is 6.30. The molecule has 4 amide bonds. The molecule has 2 fully saturated rings. The Kier molecular flexibility index (Phi) is 4.25. The predicted octanol–water partition coefficient (Wildman–Crippen LogP) is 2.02. The molecule has 1 saturated heterocycles. The molecule has 0 spiro atoms. The lowest BCUT2D eigenvalue weighted by Crippen LogP contribution is -2.47. The highest BCUT2D eigenvalue weighted by Crippen LogP contribution is 2.42. The zero-order valence-electron chi connectivity index (χ0n) is 13.7. The van der Waals surface area contributed by atoms with E-state index < -0.39 is 11.6 Å². The van der Waals surface area contributed by atoms with Gasteiger partial charge in [-0.25, -0.2) is 4.79 Å². The molecule has 0 radical (unpaired) electrons. The smallest absolute Gasteiger partial charge is 0.325 e. The Morgan fingerprint density at radius 2 is 2.12 bits per heavy atom. The predicted molar refractivity (Wildman–Crippen MR) is 89.3 cm³/mol. The molecule has 1 aliphatic heterocycles. The van der Waals surface area contributed by atoms with Crippen molar-refractivity contribution in [2.75, 3.05) is 13.6 Å². The maximum atomic E-state index is 12.5. The number of amides is 4. The molecule has 1 N–H and O–H groups in total. The molecule has 0 aromatic heterocycles. The third-order valence-electron chi connectivity index (χ3n) is 4.72. The fourth-order valence-corrected chi connectivity index (χ4v) is 3.26. The third kappa shape index (κ3) is 3.11. The number of rotatable bonds is 5. The number of urea groups is 1. The first-order valence-electron chi connectivity index (χ1n) is 7.94. The van der Waals surface area contributed by atoms with E-state index in [1.54, 1.807) is 26.1 Å². The van der Waals surface area contributed by atoms with Crippen molar-refractivity contribution in [3.63, 3.8) is 0 Å². The topological polar surface area (TPSA) is 69.7 Å². The molecular weight excluding hydrogens is 330 g/mol. The minimum Gasteiger partial charge on any atom is -0.340 e. The van der Waals surface area contributed by atoms with Gasteiger partial charge in [0.2, 0.25) is 5.91 Å². The summed E-state index contributed by atoms with van der Waals surface area (Å²) >= 11 is 5.94. The van der Waals surface area contributed by atoms with Crippen LogP contribution in [0, 0.1) is 5.92 Å². The van der Waals surface area contributed by atoms with Crippen LogP contribution < -0.4 is 5.32 Å². The average Bonchev–Trinajstić information content (AvgIpc) is 3.33. The summed E-state index contributed by atoms with van der Waals surface area (Å²) in [7, 11) is 1.64. The number of hydrogen-bond donors (Lipinski definition) is 1. The van der Waals surface area contributed by atoms with Gasteiger partial charge in [-0.15, -0.1) is 0 Å². The third-order valence-corrected chi connectivity index (χ3v) is 4.96. The van der Waals surface area contributed by atoms with Crippen LogP contribution in [-0.4, -0.2) is 46.8 Å². The molecular formula is C17H20ClN3O3. The molecule has 128 valence electrons. The van der Waals surface area contributed by atoms with Gasteiger partial charge in [0.15, 0.2) is 0 Å². The molecule has 1 unspecified atom stereocenters. The normalized spacial score (nSPS) is 23.4. The number of carbonyl (C=O) groups is 3. The molecule has 1 aliphatic carbocycles. The largest absolute Gasteiger partial charge is 0.340 e. The summed E-state index contributed by atoms with van der Waals surface area (Å²) < 4.78 is 0. The van der Waals surface area contributed by atoms with Crippen molar-refractivity contribution in [1.29, 1.82) is 0 Å². The lowest BCUT2D eigenvalue weighted by molar-refractivity contribution is -0.138. The number of hydrogen-bond acceptors (Lipinski definition) is 3. The van der Waals surface area contributed by atoms with Crippen LogP contribution in [-0.2, 0) is 16.1 Å². The minimum atomic E-state index is -0.858. The molecule has 1 aromatic rings. The quantitative estimate of drug-likeness (QED) is 0.827. The number of benzene rings is 1. The molecule has 1 atom stereocenters. The van der Waals surface area contributed by atoms with E-state index in [1.807, 2.05) is 12.1 Å². The van der Waals surface area contributed by atoms with Crippen LogP contribution in [0.3, 0.4) is 0 Å². The molecule has 7 heteroatoms. The second-order valence-corrected chi connectivity index (χ2v) is 7.11. The van der Waals surface area contributed by atoms with Crippen molar-refractivity contribution in [3.05, 3.63) is 34.9 Å². The van der Waals surface area contributed by atoms with Crippen LogP contribution in [0.25, 0.3) is 0 Å². The van der Waals surface area contributed by atoms with Crippen LogP contribution in [0.1, 0.15) is 25.3 Å². The average molecular weight is 350 g/mol. The van der Waals surface area contributed by atoms with Crippen molar-refractivity contribution >= 4 is 29.4 Å². The van der Waals surface area contributed by atoms with Crippen LogP contribution in [0.15, 0.2) is 24.3 Å². The first-order chi connectivity index (χ1) is 11.3. The van der Waals surface area contributed by atoms with E-state index in [9.17, 15) is 14.4 Å². The minimum absolute atomic E-state index is 0.179. The number of nitrogens with zero attached hydrogens (tertiary/aromatic N) is 2. The fourth-order valence-electron chi connectivity index (χ4n) is 3.05. The maximum absolute atomic E-state index is 12.5. The molecule has 3 rings (SSSR count). The summed E-state index contributed by atoms with van der Waals surface area (Å²) in [5.41, 5.74) is 0.0291. The number of imide groups is 1. The summed E-state index contributed by atoms with van der Waals surface area (Å²) in [6.07, 6.45) is 1.86. The van der Waals surface area contributed by atoms with Crippen LogP contribution in [0.4, 0.5) is 4.79 Å². The van der Waals surface area contributed by atoms with Gasteiger partial charge >= 0.3 is 6.03 Å². The number of carbonyl (C=O) groups excluding carboxylic acids is 3. The zero-order valence-corrected chi connectivity index (χ0v) is 14.5. The standard InChI is InChI=1S/C17H20ClN3O3/c1-17(12-6-7-12)15(23)21(16(24)19-17)10-14(22)20(2)9-11-4-3-5-13(18)8-11/h3-5,8,12H,6-7,9-10H2,1-2H3,(H,19,24). The molecule has 2 aliphatic rings. The van der Waals surface area contributed by atoms with Crippen molar-refractivity contribution < 1.29 is 14.4 Å². The lowest BCUT2D eigenvalue weighted by Gasteiger charge is -2.22. The first-order valence-corrected chi connectivity index (χ1v) is 8.31. The summed E-state index contributed by atoms with van der Waals surface area (Å²) in [6, 6.07) is 6.74. The summed E-state index contributed by atoms with van der Waals surface area (Å²) in [6.45, 7) is 1.86. The molecule has 6 nitrogen and oxygen atoms in total. The van der Waals surface area contributed by atoms with Gasteiger partial charge in [0.1, 0.15) is 12.1 Å². The lowest BCUT2D eigenvalue weighted by atomic mass is 9.96. The van der Waals surface area contributed by atoms with Crippen LogP contribution >= 0.6 is 11.6 Å². The van der Waals surface area contributed by atoms with Crippen molar-refractivity contribution in [3.8, 4) is 0 Å². The van der Waals surface area contributed by atoms with E-state index in [1.165, 1.54) is 4.90 Å². The Bertz CT molecular complexity index is 704. The van der Waals surface area contributed by atoms with Gasteiger partial charge in [0, 0.05) is 18.6 Å².